The van der Waals surface area contributed by atoms with Crippen LogP contribution in [0.2, 0.25) is 0 Å². The molecule has 1 aromatic carbocycles. The lowest BCUT2D eigenvalue weighted by atomic mass is 10.0. The molecule has 0 spiro atoms. The first-order valence-corrected chi connectivity index (χ1v) is 14.0. The molecule has 0 bridgehead atoms. The number of rotatable bonds is 7. The first kappa shape index (κ1) is 43.0. The maximum atomic E-state index is 4.01. The van der Waals surface area contributed by atoms with Gasteiger partial charge in [-0.1, -0.05) is 120 Å². The smallest absolute Gasteiger partial charge is 0.0387 e. The quantitative estimate of drug-likeness (QED) is 0.246. The molecule has 0 N–H and O–H groups in total. The van der Waals surface area contributed by atoms with Gasteiger partial charge in [0.1, 0.15) is 0 Å². The van der Waals surface area contributed by atoms with E-state index in [1.165, 1.54) is 40.7 Å². The van der Waals surface area contributed by atoms with Gasteiger partial charge < -0.3 is 0 Å². The molecule has 0 atom stereocenters. The summed E-state index contributed by atoms with van der Waals surface area (Å²) in [5.74, 6) is 0.884. The van der Waals surface area contributed by atoms with Crippen molar-refractivity contribution >= 4 is 24.2 Å². The van der Waals surface area contributed by atoms with Crippen LogP contribution < -0.4 is 0 Å². The minimum Gasteiger partial charge on any atom is -0.296 e. The molecule has 0 heterocycles. The zero-order valence-corrected chi connectivity index (χ0v) is 28.0. The van der Waals surface area contributed by atoms with E-state index in [0.29, 0.717) is 0 Å². The highest BCUT2D eigenvalue weighted by Crippen LogP contribution is 2.15. The van der Waals surface area contributed by atoms with Crippen LogP contribution in [-0.2, 0) is 0 Å². The second kappa shape index (κ2) is 31.1. The molecule has 0 aliphatic rings. The molecule has 0 radical (unpaired) electrons. The Morgan fingerprint density at radius 2 is 1.26 bits per heavy atom. The van der Waals surface area contributed by atoms with Crippen LogP contribution in [0.1, 0.15) is 93.2 Å². The lowest BCUT2D eigenvalue weighted by Crippen LogP contribution is -1.85. The minimum atomic E-state index is 0.884. The Labute approximate surface area is 244 Å². The predicted molar refractivity (Wildman–Crippen MR) is 186 cm³/mol. The molecular weight excluding hydrogens is 474 g/mol. The second-order valence-electron chi connectivity index (χ2n) is 9.67. The van der Waals surface area contributed by atoms with E-state index in [9.17, 15) is 0 Å². The Hall–Kier alpha value is -3.07. The van der Waals surface area contributed by atoms with Crippen LogP contribution in [0.25, 0.3) is 5.57 Å². The number of aryl methyl sites for hydroxylation is 1. The number of hydrogen-bond donors (Lipinski definition) is 0. The van der Waals surface area contributed by atoms with Crippen molar-refractivity contribution in [3.63, 3.8) is 0 Å². The zero-order valence-electron chi connectivity index (χ0n) is 28.0. The van der Waals surface area contributed by atoms with Crippen LogP contribution in [0.4, 0.5) is 0 Å². The third-order valence-corrected chi connectivity index (χ3v) is 4.80. The highest BCUT2D eigenvalue weighted by molar-refractivity contribution is 6.15. The average molecular weight is 536 g/mol. The maximum absolute atomic E-state index is 4.01. The SMILES string of the molecule is C/C=C(\C=NC)c1ccc(C)cc1.C=C(C)C(=C)/C(C)=C\C=C(C)C.CCC.CCC(C)C.CN=CC=NC. The largest absolute Gasteiger partial charge is 0.296 e. The molecule has 39 heavy (non-hydrogen) atoms. The fraction of sp³-hybridized carbons (Fsp3) is 0.472. The number of allylic oxidation sites excluding steroid dienone is 8. The second-order valence-corrected chi connectivity index (χ2v) is 9.67. The first-order valence-electron chi connectivity index (χ1n) is 14.0. The number of aliphatic imine (C=N–C) groups is 3. The Morgan fingerprint density at radius 1 is 0.821 bits per heavy atom. The summed E-state index contributed by atoms with van der Waals surface area (Å²) in [7, 11) is 5.21. The monoisotopic (exact) mass is 535 g/mol. The van der Waals surface area contributed by atoms with Gasteiger partial charge in [-0.25, -0.2) is 0 Å². The highest BCUT2D eigenvalue weighted by Gasteiger charge is 1.96. The van der Waals surface area contributed by atoms with Crippen molar-refractivity contribution in [2.75, 3.05) is 21.1 Å². The molecule has 0 aromatic heterocycles. The van der Waals surface area contributed by atoms with Crippen molar-refractivity contribution in [2.24, 2.45) is 20.9 Å². The van der Waals surface area contributed by atoms with E-state index in [1.54, 1.807) is 33.6 Å². The molecule has 0 aliphatic heterocycles. The first-order chi connectivity index (χ1) is 18.3. The maximum Gasteiger partial charge on any atom is 0.0387 e. The van der Waals surface area contributed by atoms with Gasteiger partial charge in [0.05, 0.1) is 0 Å². The number of benzene rings is 1. The van der Waals surface area contributed by atoms with Crippen molar-refractivity contribution in [3.05, 3.63) is 89.1 Å². The lowest BCUT2D eigenvalue weighted by molar-refractivity contribution is 0.626. The summed E-state index contributed by atoms with van der Waals surface area (Å²) in [6, 6.07) is 8.46. The topological polar surface area (TPSA) is 37.1 Å². The van der Waals surface area contributed by atoms with E-state index in [2.05, 4.69) is 133 Å². The fourth-order valence-corrected chi connectivity index (χ4v) is 2.06. The zero-order chi connectivity index (χ0) is 31.2. The van der Waals surface area contributed by atoms with E-state index in [1.807, 2.05) is 20.1 Å². The van der Waals surface area contributed by atoms with E-state index in [-0.39, 0.29) is 0 Å². The fourth-order valence-electron chi connectivity index (χ4n) is 2.06. The molecule has 1 rings (SSSR count). The van der Waals surface area contributed by atoms with Crippen molar-refractivity contribution in [2.45, 2.75) is 89.0 Å². The van der Waals surface area contributed by atoms with Crippen LogP contribution in [0.5, 0.6) is 0 Å². The van der Waals surface area contributed by atoms with E-state index < -0.39 is 0 Å². The predicted octanol–water partition coefficient (Wildman–Crippen LogP) is 11.0. The van der Waals surface area contributed by atoms with Crippen LogP contribution in [0, 0.1) is 12.8 Å². The summed E-state index contributed by atoms with van der Waals surface area (Å²) in [6.45, 7) is 31.0. The third kappa shape index (κ3) is 32.9. The minimum absolute atomic E-state index is 0.884. The van der Waals surface area contributed by atoms with Crippen LogP contribution in [0.15, 0.2) is 92.9 Å². The molecule has 0 amide bonds. The average Bonchev–Trinajstić information content (AvgIpc) is 2.90. The van der Waals surface area contributed by atoms with Crippen molar-refractivity contribution < 1.29 is 0 Å². The Morgan fingerprint density at radius 3 is 1.54 bits per heavy atom. The van der Waals surface area contributed by atoms with Crippen molar-refractivity contribution in [1.82, 2.24) is 0 Å². The Bertz CT molecular complexity index is 905. The van der Waals surface area contributed by atoms with E-state index in [4.69, 9.17) is 0 Å². The van der Waals surface area contributed by atoms with Gasteiger partial charge in [-0.2, -0.15) is 0 Å². The van der Waals surface area contributed by atoms with Crippen LogP contribution in [-0.4, -0.2) is 39.8 Å². The Balaban J connectivity index is -0.000000216. The van der Waals surface area contributed by atoms with Crippen molar-refractivity contribution in [3.8, 4) is 0 Å². The van der Waals surface area contributed by atoms with Gasteiger partial charge in [0.15, 0.2) is 0 Å². The van der Waals surface area contributed by atoms with Gasteiger partial charge in [0.25, 0.3) is 0 Å². The molecule has 0 fully saturated rings. The normalized spacial score (nSPS) is 10.9. The molecule has 0 saturated heterocycles. The van der Waals surface area contributed by atoms with Gasteiger partial charge in [0, 0.05) is 39.8 Å². The standard InChI is InChI=1S/C12H15N.C12H18.C5H12.C4H8N2.C3H8/c1-4-11(9-13-3)12-7-5-10(2)6-8-12;1-9(2)7-8-11(5)12(6)10(3)4;1-4-5(2)3;1-5-3-4-6-2;1-3-2/h4-9H,1-3H3;7-8H,3,6H2,1-2,4-5H3;5H,4H2,1-3H3;3-4H,1-2H3;3H2,1-2H3/b11-4+,13-9?;11-8-;;;. The highest BCUT2D eigenvalue weighted by atomic mass is 14.7. The number of hydrogen-bond acceptors (Lipinski definition) is 3. The molecule has 220 valence electrons. The summed E-state index contributed by atoms with van der Waals surface area (Å²) in [6.07, 6.45) is 13.9. The van der Waals surface area contributed by atoms with Gasteiger partial charge in [0.2, 0.25) is 0 Å². The molecule has 3 nitrogen and oxygen atoms in total. The molecule has 3 heteroatoms. The van der Waals surface area contributed by atoms with Gasteiger partial charge in [-0.15, -0.1) is 0 Å². The molecule has 0 unspecified atom stereocenters. The summed E-state index contributed by atoms with van der Waals surface area (Å²) in [5.41, 5.74) is 8.22. The third-order valence-electron chi connectivity index (χ3n) is 4.80. The van der Waals surface area contributed by atoms with Crippen molar-refractivity contribution in [1.29, 1.82) is 0 Å². The lowest BCUT2D eigenvalue weighted by Gasteiger charge is -2.03. The molecule has 0 aliphatic carbocycles. The summed E-state index contributed by atoms with van der Waals surface area (Å²) in [5, 5.41) is 0. The Kier molecular flexibility index (Phi) is 34.3. The molecule has 0 saturated carbocycles. The van der Waals surface area contributed by atoms with Crippen LogP contribution >= 0.6 is 0 Å². The summed E-state index contributed by atoms with van der Waals surface area (Å²) >= 11 is 0. The summed E-state index contributed by atoms with van der Waals surface area (Å²) in [4.78, 5) is 11.3. The molecular formula is C36H61N3. The van der Waals surface area contributed by atoms with E-state index in [0.717, 1.165) is 17.1 Å². The van der Waals surface area contributed by atoms with Crippen LogP contribution in [0.3, 0.4) is 0 Å². The van der Waals surface area contributed by atoms with Gasteiger partial charge in [-0.05, 0) is 69.7 Å². The van der Waals surface area contributed by atoms with Gasteiger partial charge >= 0.3 is 0 Å². The number of nitrogens with zero attached hydrogens (tertiary/aromatic N) is 3. The summed E-state index contributed by atoms with van der Waals surface area (Å²) < 4.78 is 0. The van der Waals surface area contributed by atoms with E-state index >= 15 is 0 Å². The van der Waals surface area contributed by atoms with Gasteiger partial charge in [-0.3, -0.25) is 15.0 Å². The molecule has 1 aromatic rings.